The summed E-state index contributed by atoms with van der Waals surface area (Å²) in [5.74, 6) is 0.632. The van der Waals surface area contributed by atoms with Crippen LogP contribution < -0.4 is 11.1 Å². The summed E-state index contributed by atoms with van der Waals surface area (Å²) in [5, 5.41) is 2.41. The third-order valence-electron chi connectivity index (χ3n) is 7.92. The summed E-state index contributed by atoms with van der Waals surface area (Å²) >= 11 is 0. The molecule has 12 heteroatoms. The highest BCUT2D eigenvalue weighted by Gasteiger charge is 2.36. The van der Waals surface area contributed by atoms with Crippen LogP contribution in [0.5, 0.6) is 0 Å². The topological polar surface area (TPSA) is 119 Å². The van der Waals surface area contributed by atoms with Crippen LogP contribution in [0.4, 0.5) is 24.8 Å². The predicted octanol–water partition coefficient (Wildman–Crippen LogP) is 5.15. The van der Waals surface area contributed by atoms with E-state index in [4.69, 9.17) is 10.7 Å². The second-order valence-electron chi connectivity index (χ2n) is 10.5. The fourth-order valence-electron chi connectivity index (χ4n) is 5.86. The highest BCUT2D eigenvalue weighted by atomic mass is 19.4. The second-order valence-corrected chi connectivity index (χ2v) is 10.5. The average Bonchev–Trinajstić information content (AvgIpc) is 3.73. The van der Waals surface area contributed by atoms with Crippen LogP contribution in [0.3, 0.4) is 0 Å². The lowest BCUT2D eigenvalue weighted by Gasteiger charge is -2.19. The molecule has 9 nitrogen and oxygen atoms in total. The van der Waals surface area contributed by atoms with Gasteiger partial charge in [0.15, 0.2) is 0 Å². The molecule has 1 aliphatic heterocycles. The third kappa shape index (κ3) is 5.21. The van der Waals surface area contributed by atoms with Gasteiger partial charge in [-0.05, 0) is 56.4 Å². The van der Waals surface area contributed by atoms with Crippen molar-refractivity contribution in [2.24, 2.45) is 5.92 Å². The zero-order valence-electron chi connectivity index (χ0n) is 22.1. The van der Waals surface area contributed by atoms with E-state index < -0.39 is 17.6 Å². The quantitative estimate of drug-likeness (QED) is 0.347. The molecule has 2 amide bonds. The lowest BCUT2D eigenvalue weighted by Crippen LogP contribution is -2.32. The number of hydrogen-bond acceptors (Lipinski definition) is 6. The minimum atomic E-state index is -4.55. The van der Waals surface area contributed by atoms with E-state index in [1.54, 1.807) is 30.5 Å². The summed E-state index contributed by atoms with van der Waals surface area (Å²) in [6.45, 7) is 1.67. The molecular weight excluding hydrogens is 535 g/mol. The number of likely N-dealkylation sites (tertiary alicyclic amines) is 1. The molecule has 0 radical (unpaired) electrons. The van der Waals surface area contributed by atoms with Crippen LogP contribution in [-0.4, -0.2) is 49.2 Å². The zero-order chi connectivity index (χ0) is 28.7. The van der Waals surface area contributed by atoms with Crippen molar-refractivity contribution in [2.45, 2.75) is 44.2 Å². The van der Waals surface area contributed by atoms with Crippen molar-refractivity contribution in [3.63, 3.8) is 0 Å². The number of carbonyl (C=O) groups is 2. The molecule has 2 atom stereocenters. The van der Waals surface area contributed by atoms with E-state index in [0.29, 0.717) is 22.6 Å². The van der Waals surface area contributed by atoms with Crippen molar-refractivity contribution in [1.29, 1.82) is 0 Å². The number of pyridine rings is 1. The molecule has 4 heterocycles. The van der Waals surface area contributed by atoms with E-state index in [9.17, 15) is 22.8 Å². The summed E-state index contributed by atoms with van der Waals surface area (Å²) < 4.78 is 41.0. The number of halogens is 3. The predicted molar refractivity (Wildman–Crippen MR) is 146 cm³/mol. The van der Waals surface area contributed by atoms with Crippen LogP contribution in [0.25, 0.3) is 16.8 Å². The molecule has 4 aromatic rings. The lowest BCUT2D eigenvalue weighted by molar-refractivity contribution is -0.137. The number of nitrogens with two attached hydrogens (primary N) is 1. The van der Waals surface area contributed by atoms with E-state index >= 15 is 0 Å². The minimum Gasteiger partial charge on any atom is -0.382 e. The van der Waals surface area contributed by atoms with Gasteiger partial charge in [0, 0.05) is 54.6 Å². The molecule has 3 N–H and O–H groups in total. The first-order valence-corrected chi connectivity index (χ1v) is 13.6. The number of carbonyl (C=O) groups excluding carboxylic acids is 2. The maximum absolute atomic E-state index is 13.0. The Balaban J connectivity index is 1.24. The van der Waals surface area contributed by atoms with Crippen LogP contribution in [-0.2, 0) is 11.0 Å². The summed E-state index contributed by atoms with van der Waals surface area (Å²) in [4.78, 5) is 40.8. The zero-order valence-corrected chi connectivity index (χ0v) is 22.1. The molecule has 0 bridgehead atoms. The second kappa shape index (κ2) is 10.5. The van der Waals surface area contributed by atoms with Gasteiger partial charge in [0.25, 0.3) is 5.91 Å². The SMILES string of the molecule is Nc1nccn2c([C@H]3CC[C@@H](C(=O)N4CCCC4)C3)nc(-c3ccc(C(=O)Nc4cc(C(F)(F)F)ccn4)cc3)c12. The van der Waals surface area contributed by atoms with Crippen LogP contribution in [0.2, 0.25) is 0 Å². The van der Waals surface area contributed by atoms with E-state index in [1.165, 1.54) is 0 Å². The summed E-state index contributed by atoms with van der Waals surface area (Å²) in [6.07, 6.45) is 4.38. The summed E-state index contributed by atoms with van der Waals surface area (Å²) in [5.41, 5.74) is 7.57. The number of imidazole rings is 1. The normalized spacial score (nSPS) is 19.1. The highest BCUT2D eigenvalue weighted by molar-refractivity contribution is 6.04. The van der Waals surface area contributed by atoms with Crippen LogP contribution in [0.15, 0.2) is 55.0 Å². The molecule has 1 saturated carbocycles. The van der Waals surface area contributed by atoms with Crippen molar-refractivity contribution in [1.82, 2.24) is 24.3 Å². The van der Waals surface area contributed by atoms with Crippen molar-refractivity contribution < 1.29 is 22.8 Å². The Morgan fingerprint density at radius 1 is 1.00 bits per heavy atom. The van der Waals surface area contributed by atoms with Gasteiger partial charge in [-0.3, -0.25) is 14.0 Å². The van der Waals surface area contributed by atoms with Crippen molar-refractivity contribution >= 4 is 29.0 Å². The molecular formula is C29H28F3N7O2. The van der Waals surface area contributed by atoms with Gasteiger partial charge in [0.05, 0.1) is 5.56 Å². The maximum atomic E-state index is 13.0. The fourth-order valence-corrected chi connectivity index (χ4v) is 5.86. The molecule has 0 unspecified atom stereocenters. The van der Waals surface area contributed by atoms with Gasteiger partial charge in [0.1, 0.15) is 28.7 Å². The van der Waals surface area contributed by atoms with Gasteiger partial charge < -0.3 is 16.0 Å². The van der Waals surface area contributed by atoms with Crippen molar-refractivity contribution in [3.05, 3.63) is 71.9 Å². The molecule has 1 saturated heterocycles. The Morgan fingerprint density at radius 3 is 2.49 bits per heavy atom. The Bertz CT molecular complexity index is 1610. The van der Waals surface area contributed by atoms with E-state index in [-0.39, 0.29) is 29.1 Å². The van der Waals surface area contributed by atoms with Crippen LogP contribution in [0, 0.1) is 5.92 Å². The third-order valence-corrected chi connectivity index (χ3v) is 7.92. The number of fused-ring (bicyclic) bond motifs is 1. The minimum absolute atomic E-state index is 0.0165. The standard InChI is InChI=1S/C29H28F3N7O2/c30-29(31,32)21-9-10-34-22(16-21)36-27(40)18-5-3-17(4-6-18)23-24-25(33)35-11-14-39(24)26(37-23)19-7-8-20(15-19)28(41)38-12-1-2-13-38/h3-6,9-11,14,16,19-20H,1-2,7-8,12-13,15H2,(H2,33,35)(H,34,36,40)/t19-,20+/m0/s1. The van der Waals surface area contributed by atoms with Crippen LogP contribution >= 0.6 is 0 Å². The Hall–Kier alpha value is -4.48. The van der Waals surface area contributed by atoms with Crippen molar-refractivity contribution in [2.75, 3.05) is 24.1 Å². The molecule has 3 aromatic heterocycles. The van der Waals surface area contributed by atoms with Crippen molar-refractivity contribution in [3.8, 4) is 11.3 Å². The Kier molecular flexibility index (Phi) is 6.84. The molecule has 0 spiro atoms. The van der Waals surface area contributed by atoms with Gasteiger partial charge >= 0.3 is 6.18 Å². The molecule has 212 valence electrons. The number of aromatic nitrogens is 4. The number of hydrogen-bond donors (Lipinski definition) is 2. The number of amides is 2. The Morgan fingerprint density at radius 2 is 1.76 bits per heavy atom. The molecule has 41 heavy (non-hydrogen) atoms. The fraction of sp³-hybridized carbons (Fsp3) is 0.345. The number of anilines is 2. The number of nitrogens with one attached hydrogen (secondary N) is 1. The number of nitrogens with zero attached hydrogens (tertiary/aromatic N) is 5. The number of rotatable bonds is 5. The number of benzene rings is 1. The first-order valence-electron chi connectivity index (χ1n) is 13.6. The van der Waals surface area contributed by atoms with Gasteiger partial charge in [-0.15, -0.1) is 0 Å². The first-order chi connectivity index (χ1) is 19.7. The molecule has 1 aliphatic carbocycles. The lowest BCUT2D eigenvalue weighted by atomic mass is 10.0. The smallest absolute Gasteiger partial charge is 0.382 e. The highest BCUT2D eigenvalue weighted by Crippen LogP contribution is 2.41. The van der Waals surface area contributed by atoms with Gasteiger partial charge in [0.2, 0.25) is 5.91 Å². The maximum Gasteiger partial charge on any atom is 0.416 e. The molecule has 2 aliphatic rings. The molecule has 2 fully saturated rings. The summed E-state index contributed by atoms with van der Waals surface area (Å²) in [7, 11) is 0. The van der Waals surface area contributed by atoms with E-state index in [2.05, 4.69) is 15.3 Å². The monoisotopic (exact) mass is 563 g/mol. The number of nitrogen functional groups attached to an aromatic ring is 1. The molecule has 6 rings (SSSR count). The number of alkyl halides is 3. The average molecular weight is 564 g/mol. The first kappa shape index (κ1) is 26.7. The van der Waals surface area contributed by atoms with Gasteiger partial charge in [-0.2, -0.15) is 13.2 Å². The summed E-state index contributed by atoms with van der Waals surface area (Å²) in [6, 6.07) is 8.17. The largest absolute Gasteiger partial charge is 0.416 e. The Labute approximate surface area is 233 Å². The van der Waals surface area contributed by atoms with E-state index in [1.807, 2.05) is 15.5 Å². The van der Waals surface area contributed by atoms with Gasteiger partial charge in [-0.25, -0.2) is 15.0 Å². The van der Waals surface area contributed by atoms with E-state index in [0.717, 1.165) is 69.3 Å². The van der Waals surface area contributed by atoms with Crippen LogP contribution in [0.1, 0.15) is 59.8 Å². The molecule has 1 aromatic carbocycles. The van der Waals surface area contributed by atoms with Gasteiger partial charge in [-0.1, -0.05) is 12.1 Å².